The number of amides is 1. The molecule has 0 aliphatic heterocycles. The van der Waals surface area contributed by atoms with Gasteiger partial charge in [0, 0.05) is 11.7 Å². The van der Waals surface area contributed by atoms with Crippen LogP contribution in [0, 0.1) is 6.92 Å². The molecule has 0 saturated heterocycles. The maximum Gasteiger partial charge on any atom is 0.246 e. The number of nitrogens with one attached hydrogen (secondary N) is 2. The molecule has 2 aromatic rings. The first-order valence-electron chi connectivity index (χ1n) is 7.25. The van der Waals surface area contributed by atoms with Crippen LogP contribution in [0.15, 0.2) is 54.6 Å². The lowest BCUT2D eigenvalue weighted by Gasteiger charge is -2.21. The number of hydrogen-bond donors (Lipinski definition) is 2. The molecule has 2 aromatic carbocycles. The number of aryl methyl sites for hydroxylation is 1. The second-order valence-corrected chi connectivity index (χ2v) is 5.52. The van der Waals surface area contributed by atoms with Gasteiger partial charge in [0.1, 0.15) is 6.04 Å². The molecule has 0 aliphatic rings. The summed E-state index contributed by atoms with van der Waals surface area (Å²) in [7, 11) is 0. The van der Waals surface area contributed by atoms with Gasteiger partial charge in [-0.1, -0.05) is 48.0 Å². The predicted molar refractivity (Wildman–Crippen MR) is 87.3 cm³/mol. The molecule has 0 radical (unpaired) electrons. The molecule has 0 bridgehead atoms. The van der Waals surface area contributed by atoms with Crippen molar-refractivity contribution in [1.29, 1.82) is 0 Å². The highest BCUT2D eigenvalue weighted by Crippen LogP contribution is 2.17. The van der Waals surface area contributed by atoms with E-state index in [1.54, 1.807) is 0 Å². The Hall–Kier alpha value is -2.13. The van der Waals surface area contributed by atoms with Crippen molar-refractivity contribution in [2.24, 2.45) is 0 Å². The number of carbonyl (C=O) groups is 1. The Morgan fingerprint density at radius 3 is 2.14 bits per heavy atom. The molecule has 3 nitrogen and oxygen atoms in total. The highest BCUT2D eigenvalue weighted by Gasteiger charge is 2.20. The maximum absolute atomic E-state index is 12.6. The van der Waals surface area contributed by atoms with E-state index in [1.165, 1.54) is 5.56 Å². The van der Waals surface area contributed by atoms with Crippen LogP contribution in [-0.4, -0.2) is 11.9 Å². The van der Waals surface area contributed by atoms with E-state index in [0.717, 1.165) is 11.3 Å². The maximum atomic E-state index is 12.6. The molecule has 0 unspecified atom stereocenters. The Morgan fingerprint density at radius 1 is 0.952 bits per heavy atom. The van der Waals surface area contributed by atoms with E-state index in [4.69, 9.17) is 0 Å². The van der Waals surface area contributed by atoms with E-state index >= 15 is 0 Å². The average Bonchev–Trinajstić information content (AvgIpc) is 2.48. The van der Waals surface area contributed by atoms with Crippen LogP contribution in [0.25, 0.3) is 0 Å². The number of carbonyl (C=O) groups excluding carboxylic acids is 1. The van der Waals surface area contributed by atoms with Crippen molar-refractivity contribution in [3.63, 3.8) is 0 Å². The lowest BCUT2D eigenvalue weighted by molar-refractivity contribution is -0.118. The number of anilines is 1. The van der Waals surface area contributed by atoms with Gasteiger partial charge < -0.3 is 5.32 Å². The molecule has 1 amide bonds. The van der Waals surface area contributed by atoms with Crippen molar-refractivity contribution in [3.8, 4) is 0 Å². The van der Waals surface area contributed by atoms with E-state index in [-0.39, 0.29) is 18.0 Å². The first-order chi connectivity index (χ1) is 10.1. The third kappa shape index (κ3) is 4.43. The minimum absolute atomic E-state index is 0.0428. The first kappa shape index (κ1) is 15.3. The van der Waals surface area contributed by atoms with E-state index in [2.05, 4.69) is 10.6 Å². The molecule has 0 heterocycles. The topological polar surface area (TPSA) is 41.1 Å². The molecular weight excluding hydrogens is 260 g/mol. The van der Waals surface area contributed by atoms with Crippen molar-refractivity contribution in [3.05, 3.63) is 65.7 Å². The van der Waals surface area contributed by atoms with Crippen LogP contribution in [0.3, 0.4) is 0 Å². The van der Waals surface area contributed by atoms with E-state index < -0.39 is 0 Å². The summed E-state index contributed by atoms with van der Waals surface area (Å²) in [5, 5.41) is 6.29. The van der Waals surface area contributed by atoms with Crippen molar-refractivity contribution < 1.29 is 4.79 Å². The van der Waals surface area contributed by atoms with Crippen LogP contribution in [-0.2, 0) is 4.79 Å². The zero-order valence-corrected chi connectivity index (χ0v) is 12.8. The molecule has 3 heteroatoms. The largest absolute Gasteiger partial charge is 0.324 e. The molecule has 2 N–H and O–H groups in total. The molecule has 21 heavy (non-hydrogen) atoms. The summed E-state index contributed by atoms with van der Waals surface area (Å²) in [6.07, 6.45) is 0. The van der Waals surface area contributed by atoms with Gasteiger partial charge in [-0.15, -0.1) is 0 Å². The van der Waals surface area contributed by atoms with Crippen molar-refractivity contribution in [2.75, 3.05) is 5.32 Å². The molecule has 2 rings (SSSR count). The van der Waals surface area contributed by atoms with Crippen molar-refractivity contribution in [2.45, 2.75) is 32.9 Å². The van der Waals surface area contributed by atoms with Crippen LogP contribution in [0.1, 0.15) is 31.0 Å². The monoisotopic (exact) mass is 282 g/mol. The predicted octanol–water partition coefficient (Wildman–Crippen LogP) is 3.67. The summed E-state index contributed by atoms with van der Waals surface area (Å²) < 4.78 is 0. The fourth-order valence-corrected chi connectivity index (χ4v) is 2.15. The standard InChI is InChI=1S/C18H22N2O/c1-13(2)19-17(15-7-5-4-6-8-15)18(21)20-16-11-9-14(3)10-12-16/h4-13,17,19H,1-3H3,(H,20,21)/t17-/m1/s1. The molecule has 0 spiro atoms. The van der Waals surface area contributed by atoms with Gasteiger partial charge in [0.15, 0.2) is 0 Å². The summed E-state index contributed by atoms with van der Waals surface area (Å²) in [5.74, 6) is -0.0428. The van der Waals surface area contributed by atoms with Gasteiger partial charge >= 0.3 is 0 Å². The summed E-state index contributed by atoms with van der Waals surface area (Å²) in [6.45, 7) is 6.10. The molecule has 1 atom stereocenters. The van der Waals surface area contributed by atoms with E-state index in [9.17, 15) is 4.79 Å². The Morgan fingerprint density at radius 2 is 1.57 bits per heavy atom. The Bertz CT molecular complexity index is 576. The molecule has 0 fully saturated rings. The van der Waals surface area contributed by atoms with E-state index in [1.807, 2.05) is 75.4 Å². The zero-order chi connectivity index (χ0) is 15.2. The fourth-order valence-electron chi connectivity index (χ4n) is 2.15. The number of benzene rings is 2. The normalized spacial score (nSPS) is 12.2. The Kier molecular flexibility index (Phi) is 5.12. The van der Waals surface area contributed by atoms with Crippen LogP contribution in [0.2, 0.25) is 0 Å². The highest BCUT2D eigenvalue weighted by atomic mass is 16.2. The van der Waals surface area contributed by atoms with Crippen molar-refractivity contribution in [1.82, 2.24) is 5.32 Å². The third-order valence-electron chi connectivity index (χ3n) is 3.21. The molecule has 0 saturated carbocycles. The quantitative estimate of drug-likeness (QED) is 0.878. The van der Waals surface area contributed by atoms with E-state index in [0.29, 0.717) is 0 Å². The van der Waals surface area contributed by atoms with Crippen LogP contribution >= 0.6 is 0 Å². The second-order valence-electron chi connectivity index (χ2n) is 5.52. The molecule has 0 aliphatic carbocycles. The van der Waals surface area contributed by atoms with Crippen molar-refractivity contribution >= 4 is 11.6 Å². The minimum Gasteiger partial charge on any atom is -0.324 e. The van der Waals surface area contributed by atoms with Gasteiger partial charge in [-0.25, -0.2) is 0 Å². The van der Waals surface area contributed by atoms with Gasteiger partial charge in [-0.05, 0) is 38.5 Å². The lowest BCUT2D eigenvalue weighted by atomic mass is 10.1. The van der Waals surface area contributed by atoms with Gasteiger partial charge in [0.2, 0.25) is 5.91 Å². The summed E-state index contributed by atoms with van der Waals surface area (Å²) >= 11 is 0. The fraction of sp³-hybridized carbons (Fsp3) is 0.278. The highest BCUT2D eigenvalue weighted by molar-refractivity contribution is 5.95. The van der Waals surface area contributed by atoms with Gasteiger partial charge in [-0.2, -0.15) is 0 Å². The van der Waals surface area contributed by atoms with Gasteiger partial charge in [0.05, 0.1) is 0 Å². The first-order valence-corrected chi connectivity index (χ1v) is 7.25. The Labute approximate surface area is 126 Å². The summed E-state index contributed by atoms with van der Waals surface area (Å²) in [4.78, 5) is 12.6. The zero-order valence-electron chi connectivity index (χ0n) is 12.8. The van der Waals surface area contributed by atoms with Gasteiger partial charge in [-0.3, -0.25) is 10.1 Å². The summed E-state index contributed by atoms with van der Waals surface area (Å²) in [5.41, 5.74) is 2.96. The lowest BCUT2D eigenvalue weighted by Crippen LogP contribution is -2.36. The van der Waals surface area contributed by atoms with Crippen LogP contribution < -0.4 is 10.6 Å². The number of rotatable bonds is 5. The van der Waals surface area contributed by atoms with Gasteiger partial charge in [0.25, 0.3) is 0 Å². The smallest absolute Gasteiger partial charge is 0.246 e. The SMILES string of the molecule is Cc1ccc(NC(=O)[C@H](NC(C)C)c2ccccc2)cc1. The molecular formula is C18H22N2O. The Balaban J connectivity index is 2.16. The molecule has 110 valence electrons. The average molecular weight is 282 g/mol. The van der Waals surface area contributed by atoms with Crippen LogP contribution in [0.4, 0.5) is 5.69 Å². The second kappa shape index (κ2) is 7.04. The molecule has 0 aromatic heterocycles. The third-order valence-corrected chi connectivity index (χ3v) is 3.21. The minimum atomic E-state index is -0.354. The summed E-state index contributed by atoms with van der Waals surface area (Å²) in [6, 6.07) is 17.5. The van der Waals surface area contributed by atoms with Crippen LogP contribution in [0.5, 0.6) is 0 Å². The number of hydrogen-bond acceptors (Lipinski definition) is 2.